The fraction of sp³-hybridized carbons (Fsp3) is 0.281. The molecule has 188 valence electrons. The van der Waals surface area contributed by atoms with Crippen molar-refractivity contribution in [3.05, 3.63) is 90.5 Å². The summed E-state index contributed by atoms with van der Waals surface area (Å²) in [6.45, 7) is 9.78. The number of fused-ring (bicyclic) bond motifs is 3. The molecule has 4 heteroatoms. The van der Waals surface area contributed by atoms with Crippen LogP contribution in [-0.2, 0) is 4.79 Å². The zero-order chi connectivity index (χ0) is 26.1. The number of furan rings is 1. The minimum Gasteiger partial charge on any atom is -0.481 e. The van der Waals surface area contributed by atoms with Crippen LogP contribution < -0.4 is 0 Å². The lowest BCUT2D eigenvalue weighted by Crippen LogP contribution is -2.26. The summed E-state index contributed by atoms with van der Waals surface area (Å²) in [5.41, 5.74) is 6.12. The molecule has 0 unspecified atom stereocenters. The molecule has 1 heterocycles. The molecule has 0 saturated heterocycles. The quantitative estimate of drug-likeness (QED) is 0.193. The van der Waals surface area contributed by atoms with Crippen molar-refractivity contribution in [2.45, 2.75) is 41.0 Å². The number of rotatable bonds is 8. The van der Waals surface area contributed by atoms with Crippen LogP contribution in [0.5, 0.6) is 0 Å². The monoisotopic (exact) mass is 500 g/mol. The summed E-state index contributed by atoms with van der Waals surface area (Å²) in [7, 11) is 0. The van der Waals surface area contributed by atoms with Gasteiger partial charge in [-0.05, 0) is 62.6 Å². The predicted molar refractivity (Wildman–Crippen MR) is 157 cm³/mol. The molecule has 4 rings (SSSR count). The van der Waals surface area contributed by atoms with Crippen molar-refractivity contribution in [3.8, 4) is 11.1 Å². The Morgan fingerprint density at radius 1 is 1.00 bits per heavy atom. The lowest BCUT2D eigenvalue weighted by Gasteiger charge is -2.17. The standard InChI is InChI=1S/C24H20O.C8H16O2S/c1-3-4-8-17(2)18-13-15-19(16-14-18)20-10-7-11-22-21-9-5-6-12-23(21)25-24(20)22;1-4-5-11-6-8(2,3)7(9)10/h3-16H,1-2H3;4-6H2,1-3H3,(H,9,10)/b4-3-,17-8+;. The van der Waals surface area contributed by atoms with E-state index in [0.29, 0.717) is 5.75 Å². The molecule has 1 aromatic heterocycles. The third kappa shape index (κ3) is 6.70. The summed E-state index contributed by atoms with van der Waals surface area (Å²) >= 11 is 1.71. The average molecular weight is 501 g/mol. The van der Waals surface area contributed by atoms with Crippen LogP contribution in [0.2, 0.25) is 0 Å². The third-order valence-electron chi connectivity index (χ3n) is 5.98. The minimum absolute atomic E-state index is 0.570. The van der Waals surface area contributed by atoms with E-state index in [9.17, 15) is 4.79 Å². The number of para-hydroxylation sites is 2. The number of hydrogen-bond acceptors (Lipinski definition) is 3. The maximum absolute atomic E-state index is 10.6. The number of aliphatic carboxylic acids is 1. The van der Waals surface area contributed by atoms with E-state index >= 15 is 0 Å². The van der Waals surface area contributed by atoms with Crippen molar-refractivity contribution in [2.75, 3.05) is 11.5 Å². The fourth-order valence-corrected chi connectivity index (χ4v) is 4.82. The number of thioether (sulfide) groups is 1. The molecule has 0 aliphatic rings. The first-order valence-electron chi connectivity index (χ1n) is 12.4. The Bertz CT molecular complexity index is 1360. The van der Waals surface area contributed by atoms with Gasteiger partial charge in [0.2, 0.25) is 0 Å². The van der Waals surface area contributed by atoms with Crippen molar-refractivity contribution in [2.24, 2.45) is 5.41 Å². The van der Waals surface area contributed by atoms with Gasteiger partial charge in [0.1, 0.15) is 11.2 Å². The molecule has 0 bridgehead atoms. The molecule has 0 fully saturated rings. The summed E-state index contributed by atoms with van der Waals surface area (Å²) in [5.74, 6) is 1.05. The molecule has 36 heavy (non-hydrogen) atoms. The lowest BCUT2D eigenvalue weighted by atomic mass is 9.97. The van der Waals surface area contributed by atoms with Gasteiger partial charge in [-0.1, -0.05) is 85.8 Å². The lowest BCUT2D eigenvalue weighted by molar-refractivity contribution is -0.145. The summed E-state index contributed by atoms with van der Waals surface area (Å²) in [6.07, 6.45) is 7.36. The molecule has 0 aliphatic heterocycles. The van der Waals surface area contributed by atoms with Gasteiger partial charge in [0, 0.05) is 22.1 Å². The molecule has 0 atom stereocenters. The highest BCUT2D eigenvalue weighted by molar-refractivity contribution is 7.99. The zero-order valence-electron chi connectivity index (χ0n) is 21.9. The fourth-order valence-electron chi connectivity index (χ4n) is 3.76. The number of hydrogen-bond donors (Lipinski definition) is 1. The maximum Gasteiger partial charge on any atom is 0.309 e. The van der Waals surface area contributed by atoms with Gasteiger partial charge in [0.25, 0.3) is 0 Å². The van der Waals surface area contributed by atoms with Gasteiger partial charge in [-0.25, -0.2) is 0 Å². The third-order valence-corrected chi connectivity index (χ3v) is 7.61. The first-order valence-corrected chi connectivity index (χ1v) is 13.6. The predicted octanol–water partition coefficient (Wildman–Crippen LogP) is 9.47. The molecule has 0 radical (unpaired) electrons. The summed E-state index contributed by atoms with van der Waals surface area (Å²) in [4.78, 5) is 10.6. The van der Waals surface area contributed by atoms with Crippen LogP contribution in [0.3, 0.4) is 0 Å². The van der Waals surface area contributed by atoms with Gasteiger partial charge in [0.05, 0.1) is 5.41 Å². The number of allylic oxidation sites excluding steroid dienone is 4. The van der Waals surface area contributed by atoms with Gasteiger partial charge >= 0.3 is 5.97 Å². The molecule has 0 amide bonds. The van der Waals surface area contributed by atoms with Gasteiger partial charge in [-0.3, -0.25) is 4.79 Å². The summed E-state index contributed by atoms with van der Waals surface area (Å²) < 4.78 is 6.15. The van der Waals surface area contributed by atoms with E-state index in [-0.39, 0.29) is 0 Å². The molecule has 3 nitrogen and oxygen atoms in total. The molecule has 0 aliphatic carbocycles. The Morgan fingerprint density at radius 2 is 1.69 bits per heavy atom. The van der Waals surface area contributed by atoms with Gasteiger partial charge in [0.15, 0.2) is 0 Å². The Balaban J connectivity index is 0.000000280. The van der Waals surface area contributed by atoms with Crippen molar-refractivity contribution in [1.29, 1.82) is 0 Å². The summed E-state index contributed by atoms with van der Waals surface area (Å²) in [6, 6.07) is 23.3. The highest BCUT2D eigenvalue weighted by Crippen LogP contribution is 2.35. The van der Waals surface area contributed by atoms with E-state index in [2.05, 4.69) is 80.6 Å². The van der Waals surface area contributed by atoms with E-state index in [1.807, 2.05) is 25.1 Å². The van der Waals surface area contributed by atoms with Crippen molar-refractivity contribution < 1.29 is 14.3 Å². The Morgan fingerprint density at radius 3 is 2.36 bits per heavy atom. The van der Waals surface area contributed by atoms with E-state index in [0.717, 1.165) is 28.9 Å². The van der Waals surface area contributed by atoms with Crippen LogP contribution >= 0.6 is 11.8 Å². The first kappa shape index (κ1) is 27.3. The highest BCUT2D eigenvalue weighted by atomic mass is 32.2. The highest BCUT2D eigenvalue weighted by Gasteiger charge is 2.26. The normalized spacial score (nSPS) is 12.2. The molecule has 3 aromatic carbocycles. The Labute approximate surface area is 218 Å². The molecular weight excluding hydrogens is 464 g/mol. The van der Waals surface area contributed by atoms with Crippen LogP contribution in [0.25, 0.3) is 38.6 Å². The largest absolute Gasteiger partial charge is 0.481 e. The van der Waals surface area contributed by atoms with Crippen LogP contribution in [0.15, 0.2) is 89.4 Å². The van der Waals surface area contributed by atoms with E-state index < -0.39 is 11.4 Å². The van der Waals surface area contributed by atoms with Crippen LogP contribution in [0.1, 0.15) is 46.6 Å². The van der Waals surface area contributed by atoms with E-state index in [4.69, 9.17) is 9.52 Å². The van der Waals surface area contributed by atoms with E-state index in [1.165, 1.54) is 27.5 Å². The Kier molecular flexibility index (Phi) is 9.60. The zero-order valence-corrected chi connectivity index (χ0v) is 22.7. The number of carboxylic acid groups (broad SMARTS) is 1. The topological polar surface area (TPSA) is 50.4 Å². The van der Waals surface area contributed by atoms with Gasteiger partial charge < -0.3 is 9.52 Å². The van der Waals surface area contributed by atoms with Crippen molar-refractivity contribution in [1.82, 2.24) is 0 Å². The average Bonchev–Trinajstić information content (AvgIpc) is 3.27. The Hall–Kier alpha value is -3.24. The molecule has 0 saturated carbocycles. The number of benzene rings is 3. The second-order valence-electron chi connectivity index (χ2n) is 9.47. The SMILES string of the molecule is C/C=C\C=C(/C)c1ccc(-c2cccc3c2oc2ccccc23)cc1.CCCSCC(C)(C)C(=O)O. The van der Waals surface area contributed by atoms with Crippen molar-refractivity contribution >= 4 is 45.2 Å². The first-order chi connectivity index (χ1) is 17.3. The second kappa shape index (κ2) is 12.6. The van der Waals surface area contributed by atoms with Crippen molar-refractivity contribution in [3.63, 3.8) is 0 Å². The number of carbonyl (C=O) groups is 1. The van der Waals surface area contributed by atoms with E-state index in [1.54, 1.807) is 25.6 Å². The van der Waals surface area contributed by atoms with Crippen LogP contribution in [0, 0.1) is 5.41 Å². The smallest absolute Gasteiger partial charge is 0.309 e. The second-order valence-corrected chi connectivity index (χ2v) is 10.6. The molecule has 0 spiro atoms. The number of carboxylic acids is 1. The van der Waals surface area contributed by atoms with Crippen LogP contribution in [-0.4, -0.2) is 22.6 Å². The van der Waals surface area contributed by atoms with Crippen LogP contribution in [0.4, 0.5) is 0 Å². The molecule has 4 aromatic rings. The minimum atomic E-state index is -0.707. The molecular formula is C32H36O3S. The maximum atomic E-state index is 10.6. The molecule has 1 N–H and O–H groups in total. The van der Waals surface area contributed by atoms with Gasteiger partial charge in [-0.2, -0.15) is 11.8 Å². The van der Waals surface area contributed by atoms with Gasteiger partial charge in [-0.15, -0.1) is 0 Å². The summed E-state index contributed by atoms with van der Waals surface area (Å²) in [5, 5.41) is 11.1.